The Morgan fingerprint density at radius 1 is 1.07 bits per heavy atom. The SMILES string of the molecule is Cc1nn(-c2ccccc2)c2sc(C(=O)OCC(=O)NNC(=O)c3cccs3)cc12. The van der Waals surface area contributed by atoms with Crippen molar-refractivity contribution >= 4 is 50.7 Å². The highest BCUT2D eigenvalue weighted by atomic mass is 32.1. The molecule has 1 aromatic carbocycles. The van der Waals surface area contributed by atoms with E-state index in [1.807, 2.05) is 37.3 Å². The summed E-state index contributed by atoms with van der Waals surface area (Å²) in [6.45, 7) is 1.36. The lowest BCUT2D eigenvalue weighted by Gasteiger charge is -2.06. The fourth-order valence-electron chi connectivity index (χ4n) is 2.73. The lowest BCUT2D eigenvalue weighted by Crippen LogP contribution is -2.43. The van der Waals surface area contributed by atoms with Crippen molar-refractivity contribution in [2.24, 2.45) is 0 Å². The summed E-state index contributed by atoms with van der Waals surface area (Å²) in [6.07, 6.45) is 0. The van der Waals surface area contributed by atoms with Crippen LogP contribution in [-0.2, 0) is 9.53 Å². The summed E-state index contributed by atoms with van der Waals surface area (Å²) in [6, 6.07) is 14.7. The number of carbonyl (C=O) groups excluding carboxylic acids is 3. The number of para-hydroxylation sites is 1. The van der Waals surface area contributed by atoms with E-state index in [-0.39, 0.29) is 0 Å². The van der Waals surface area contributed by atoms with Gasteiger partial charge in [-0.2, -0.15) is 5.10 Å². The lowest BCUT2D eigenvalue weighted by molar-refractivity contribution is -0.125. The van der Waals surface area contributed by atoms with E-state index in [0.717, 1.165) is 21.6 Å². The number of nitrogens with one attached hydrogen (secondary N) is 2. The number of amides is 2. The maximum atomic E-state index is 12.4. The van der Waals surface area contributed by atoms with Crippen LogP contribution in [0.2, 0.25) is 0 Å². The molecule has 0 bridgehead atoms. The Bertz CT molecular complexity index is 1210. The van der Waals surface area contributed by atoms with E-state index < -0.39 is 24.4 Å². The molecule has 2 amide bonds. The first kappa shape index (κ1) is 19.8. The molecular weight excluding hydrogens is 424 g/mol. The quantitative estimate of drug-likeness (QED) is 0.367. The Kier molecular flexibility index (Phi) is 5.59. The molecular formula is C20H16N4O4S2. The number of thiophene rings is 2. The number of carbonyl (C=O) groups is 3. The number of nitrogens with zero attached hydrogens (tertiary/aromatic N) is 2. The molecule has 8 nitrogen and oxygen atoms in total. The predicted octanol–water partition coefficient (Wildman–Crippen LogP) is 3.07. The summed E-state index contributed by atoms with van der Waals surface area (Å²) < 4.78 is 6.86. The third kappa shape index (κ3) is 4.09. The molecule has 152 valence electrons. The molecule has 0 aliphatic carbocycles. The molecule has 0 fully saturated rings. The van der Waals surface area contributed by atoms with E-state index in [9.17, 15) is 14.4 Å². The van der Waals surface area contributed by atoms with Crippen molar-refractivity contribution in [1.29, 1.82) is 0 Å². The molecule has 3 heterocycles. The normalized spacial score (nSPS) is 10.7. The summed E-state index contributed by atoms with van der Waals surface area (Å²) in [4.78, 5) is 37.7. The number of benzene rings is 1. The average Bonchev–Trinajstić information content (AvgIpc) is 3.49. The topological polar surface area (TPSA) is 102 Å². The molecule has 4 aromatic rings. The van der Waals surface area contributed by atoms with E-state index in [4.69, 9.17) is 4.74 Å². The number of aromatic nitrogens is 2. The standard InChI is InChI=1S/C20H16N4O4S2/c1-12-14-10-16(30-19(14)24(23-12)13-6-3-2-4-7-13)20(27)28-11-17(25)21-22-18(26)15-8-5-9-29-15/h2-10H,11H2,1H3,(H,21,25)(H,22,26). The first-order valence-corrected chi connectivity index (χ1v) is 10.6. The first-order valence-electron chi connectivity index (χ1n) is 8.87. The summed E-state index contributed by atoms with van der Waals surface area (Å²) in [7, 11) is 0. The van der Waals surface area contributed by atoms with Crippen LogP contribution in [0.3, 0.4) is 0 Å². The minimum Gasteiger partial charge on any atom is -0.451 e. The monoisotopic (exact) mass is 440 g/mol. The molecule has 0 aliphatic rings. The fraction of sp³-hybridized carbons (Fsp3) is 0.100. The van der Waals surface area contributed by atoms with Crippen molar-refractivity contribution in [1.82, 2.24) is 20.6 Å². The Labute approximate surface area is 179 Å². The van der Waals surface area contributed by atoms with E-state index in [2.05, 4.69) is 16.0 Å². The summed E-state index contributed by atoms with van der Waals surface area (Å²) >= 11 is 2.49. The van der Waals surface area contributed by atoms with E-state index in [0.29, 0.717) is 9.75 Å². The van der Waals surface area contributed by atoms with E-state index in [1.165, 1.54) is 22.7 Å². The van der Waals surface area contributed by atoms with Crippen molar-refractivity contribution < 1.29 is 19.1 Å². The number of rotatable bonds is 5. The molecule has 0 saturated carbocycles. The minimum atomic E-state index is -0.638. The maximum Gasteiger partial charge on any atom is 0.348 e. The first-order chi connectivity index (χ1) is 14.5. The average molecular weight is 441 g/mol. The zero-order valence-electron chi connectivity index (χ0n) is 15.7. The second-order valence-corrected chi connectivity index (χ2v) is 8.20. The summed E-state index contributed by atoms with van der Waals surface area (Å²) in [5, 5.41) is 7.13. The second kappa shape index (κ2) is 8.47. The number of hydrogen-bond donors (Lipinski definition) is 2. The fourth-order valence-corrected chi connectivity index (χ4v) is 4.42. The number of ether oxygens (including phenoxy) is 1. The lowest BCUT2D eigenvalue weighted by atomic mass is 10.3. The van der Waals surface area contributed by atoms with Gasteiger partial charge in [-0.3, -0.25) is 20.4 Å². The van der Waals surface area contributed by atoms with Crippen LogP contribution < -0.4 is 10.9 Å². The summed E-state index contributed by atoms with van der Waals surface area (Å²) in [5.74, 6) is -1.69. The van der Waals surface area contributed by atoms with Crippen LogP contribution in [0.15, 0.2) is 53.9 Å². The van der Waals surface area contributed by atoms with Gasteiger partial charge >= 0.3 is 5.97 Å². The predicted molar refractivity (Wildman–Crippen MR) is 114 cm³/mol. The smallest absolute Gasteiger partial charge is 0.348 e. The van der Waals surface area contributed by atoms with Crippen molar-refractivity contribution in [3.63, 3.8) is 0 Å². The molecule has 0 saturated heterocycles. The Hall–Kier alpha value is -3.50. The molecule has 0 spiro atoms. The Morgan fingerprint density at radius 2 is 1.87 bits per heavy atom. The molecule has 2 N–H and O–H groups in total. The van der Waals surface area contributed by atoms with Gasteiger partial charge in [0.05, 0.1) is 16.3 Å². The molecule has 30 heavy (non-hydrogen) atoms. The van der Waals surface area contributed by atoms with Gasteiger partial charge in [0.15, 0.2) is 6.61 Å². The van der Waals surface area contributed by atoms with Crippen LogP contribution in [-0.4, -0.2) is 34.2 Å². The van der Waals surface area contributed by atoms with Gasteiger partial charge in [-0.25, -0.2) is 9.48 Å². The van der Waals surface area contributed by atoms with Gasteiger partial charge in [0.1, 0.15) is 9.71 Å². The van der Waals surface area contributed by atoms with E-state index >= 15 is 0 Å². The molecule has 0 aliphatic heterocycles. The van der Waals surface area contributed by atoms with Crippen LogP contribution in [0.4, 0.5) is 0 Å². The number of hydrazine groups is 1. The maximum absolute atomic E-state index is 12.4. The molecule has 4 rings (SSSR count). The molecule has 3 aromatic heterocycles. The number of aryl methyl sites for hydroxylation is 1. The molecule has 0 radical (unpaired) electrons. The zero-order valence-corrected chi connectivity index (χ0v) is 17.4. The van der Waals surface area contributed by atoms with Crippen molar-refractivity contribution in [2.45, 2.75) is 6.92 Å². The minimum absolute atomic E-state index is 0.366. The number of hydrogen-bond acceptors (Lipinski definition) is 7. The van der Waals surface area contributed by atoms with Crippen LogP contribution in [0.25, 0.3) is 15.9 Å². The zero-order chi connectivity index (χ0) is 21.1. The number of fused-ring (bicyclic) bond motifs is 1. The molecule has 0 atom stereocenters. The van der Waals surface area contributed by atoms with Crippen molar-refractivity contribution in [3.05, 3.63) is 69.4 Å². The largest absolute Gasteiger partial charge is 0.451 e. The molecule has 10 heteroatoms. The van der Waals surface area contributed by atoms with Crippen molar-refractivity contribution in [2.75, 3.05) is 6.61 Å². The second-order valence-electron chi connectivity index (χ2n) is 6.22. The Morgan fingerprint density at radius 3 is 2.60 bits per heavy atom. The van der Waals surface area contributed by atoms with Crippen LogP contribution in [0.1, 0.15) is 25.0 Å². The van der Waals surface area contributed by atoms with Crippen LogP contribution >= 0.6 is 22.7 Å². The van der Waals surface area contributed by atoms with Gasteiger partial charge in [-0.05, 0) is 36.6 Å². The van der Waals surface area contributed by atoms with Gasteiger partial charge in [0.25, 0.3) is 11.8 Å². The van der Waals surface area contributed by atoms with Gasteiger partial charge in [-0.15, -0.1) is 22.7 Å². The molecule has 0 unspecified atom stereocenters. The van der Waals surface area contributed by atoms with Crippen LogP contribution in [0, 0.1) is 6.92 Å². The van der Waals surface area contributed by atoms with Gasteiger partial charge in [0.2, 0.25) is 0 Å². The Balaban J connectivity index is 1.39. The highest BCUT2D eigenvalue weighted by Crippen LogP contribution is 2.30. The number of esters is 1. The highest BCUT2D eigenvalue weighted by molar-refractivity contribution is 7.20. The third-order valence-electron chi connectivity index (χ3n) is 4.14. The van der Waals surface area contributed by atoms with Gasteiger partial charge < -0.3 is 4.74 Å². The van der Waals surface area contributed by atoms with Crippen molar-refractivity contribution in [3.8, 4) is 5.69 Å². The highest BCUT2D eigenvalue weighted by Gasteiger charge is 2.19. The summed E-state index contributed by atoms with van der Waals surface area (Å²) in [5.41, 5.74) is 6.17. The third-order valence-corrected chi connectivity index (χ3v) is 6.10. The van der Waals surface area contributed by atoms with Gasteiger partial charge in [0, 0.05) is 5.39 Å². The van der Waals surface area contributed by atoms with E-state index in [1.54, 1.807) is 28.3 Å². The van der Waals surface area contributed by atoms with Gasteiger partial charge in [-0.1, -0.05) is 24.3 Å². The van der Waals surface area contributed by atoms with Crippen LogP contribution in [0.5, 0.6) is 0 Å².